The maximum atomic E-state index is 12.0. The van der Waals surface area contributed by atoms with Crippen molar-refractivity contribution in [2.24, 2.45) is 0 Å². The Kier molecular flexibility index (Phi) is 4.55. The fourth-order valence-corrected chi connectivity index (χ4v) is 2.64. The van der Waals surface area contributed by atoms with Gasteiger partial charge in [0, 0.05) is 4.47 Å². The Bertz CT molecular complexity index is 507. The van der Waals surface area contributed by atoms with Crippen LogP contribution in [-0.2, 0) is 0 Å². The molecular formula is C14H14BrNOS. The standard InChI is InChI=1S/C14H14BrNOS/c1-2-12(10-5-7-11(15)8-6-10)16-14(17)13-4-3-9-18-13/h3-9,12H,2H2,1H3,(H,16,17)/t12-/m0/s1. The number of hydrogen-bond donors (Lipinski definition) is 1. The van der Waals surface area contributed by atoms with Crippen LogP contribution in [0.1, 0.15) is 34.6 Å². The molecule has 1 aromatic carbocycles. The van der Waals surface area contributed by atoms with Gasteiger partial charge in [-0.15, -0.1) is 11.3 Å². The van der Waals surface area contributed by atoms with Gasteiger partial charge in [0.15, 0.2) is 0 Å². The fourth-order valence-electron chi connectivity index (χ4n) is 1.75. The summed E-state index contributed by atoms with van der Waals surface area (Å²) in [4.78, 5) is 12.8. The summed E-state index contributed by atoms with van der Waals surface area (Å²) in [6.45, 7) is 2.07. The van der Waals surface area contributed by atoms with Crippen molar-refractivity contribution in [1.29, 1.82) is 0 Å². The van der Waals surface area contributed by atoms with E-state index in [0.717, 1.165) is 21.3 Å². The zero-order valence-electron chi connectivity index (χ0n) is 10.0. The van der Waals surface area contributed by atoms with Crippen LogP contribution in [0.3, 0.4) is 0 Å². The summed E-state index contributed by atoms with van der Waals surface area (Å²) < 4.78 is 1.05. The molecular weight excluding hydrogens is 310 g/mol. The Morgan fingerprint density at radius 2 is 2.06 bits per heavy atom. The van der Waals surface area contributed by atoms with Crippen molar-refractivity contribution in [1.82, 2.24) is 5.32 Å². The van der Waals surface area contributed by atoms with E-state index in [1.54, 1.807) is 0 Å². The van der Waals surface area contributed by atoms with E-state index in [-0.39, 0.29) is 11.9 Å². The van der Waals surface area contributed by atoms with Crippen LogP contribution in [0, 0.1) is 0 Å². The summed E-state index contributed by atoms with van der Waals surface area (Å²) >= 11 is 4.87. The fraction of sp³-hybridized carbons (Fsp3) is 0.214. The lowest BCUT2D eigenvalue weighted by atomic mass is 10.0. The third-order valence-corrected chi connectivity index (χ3v) is 4.13. The summed E-state index contributed by atoms with van der Waals surface area (Å²) in [5.41, 5.74) is 1.13. The molecule has 1 heterocycles. The van der Waals surface area contributed by atoms with Gasteiger partial charge >= 0.3 is 0 Å². The van der Waals surface area contributed by atoms with Gasteiger partial charge in [0.05, 0.1) is 10.9 Å². The molecule has 2 aromatic rings. The summed E-state index contributed by atoms with van der Waals surface area (Å²) in [5.74, 6) is -0.000214. The van der Waals surface area contributed by atoms with E-state index < -0.39 is 0 Å². The lowest BCUT2D eigenvalue weighted by Crippen LogP contribution is -2.27. The highest BCUT2D eigenvalue weighted by atomic mass is 79.9. The first kappa shape index (κ1) is 13.3. The molecule has 0 aliphatic rings. The maximum absolute atomic E-state index is 12.0. The lowest BCUT2D eigenvalue weighted by molar-refractivity contribution is 0.0939. The molecule has 0 bridgehead atoms. The molecule has 0 aliphatic carbocycles. The Hall–Kier alpha value is -1.13. The minimum atomic E-state index is -0.000214. The van der Waals surface area contributed by atoms with Crippen LogP contribution >= 0.6 is 27.3 Å². The van der Waals surface area contributed by atoms with Gasteiger partial charge in [0.25, 0.3) is 5.91 Å². The van der Waals surface area contributed by atoms with E-state index in [1.165, 1.54) is 11.3 Å². The molecule has 18 heavy (non-hydrogen) atoms. The van der Waals surface area contributed by atoms with Crippen molar-refractivity contribution in [3.8, 4) is 0 Å². The van der Waals surface area contributed by atoms with Crippen molar-refractivity contribution >= 4 is 33.2 Å². The largest absolute Gasteiger partial charge is 0.345 e. The van der Waals surface area contributed by atoms with Gasteiger partial charge in [0.2, 0.25) is 0 Å². The predicted octanol–water partition coefficient (Wildman–Crippen LogP) is 4.39. The topological polar surface area (TPSA) is 29.1 Å². The first-order valence-corrected chi connectivity index (χ1v) is 7.47. The summed E-state index contributed by atoms with van der Waals surface area (Å²) in [7, 11) is 0. The van der Waals surface area contributed by atoms with Crippen molar-refractivity contribution < 1.29 is 4.79 Å². The van der Waals surface area contributed by atoms with Crippen LogP contribution in [0.5, 0.6) is 0 Å². The predicted molar refractivity (Wildman–Crippen MR) is 79.0 cm³/mol. The molecule has 0 aliphatic heterocycles. The van der Waals surface area contributed by atoms with Crippen LogP contribution in [-0.4, -0.2) is 5.91 Å². The lowest BCUT2D eigenvalue weighted by Gasteiger charge is -2.17. The molecule has 0 radical (unpaired) electrons. The van der Waals surface area contributed by atoms with E-state index in [1.807, 2.05) is 41.8 Å². The van der Waals surface area contributed by atoms with Gasteiger partial charge in [-0.25, -0.2) is 0 Å². The highest BCUT2D eigenvalue weighted by Crippen LogP contribution is 2.20. The first-order valence-electron chi connectivity index (χ1n) is 5.80. The van der Waals surface area contributed by atoms with Crippen LogP contribution in [0.25, 0.3) is 0 Å². The Morgan fingerprint density at radius 1 is 1.33 bits per heavy atom. The summed E-state index contributed by atoms with van der Waals surface area (Å²) in [6, 6.07) is 11.9. The van der Waals surface area contributed by atoms with Crippen LogP contribution < -0.4 is 5.32 Å². The molecule has 0 fully saturated rings. The van der Waals surface area contributed by atoms with Crippen LogP contribution in [0.2, 0.25) is 0 Å². The highest BCUT2D eigenvalue weighted by molar-refractivity contribution is 9.10. The van der Waals surface area contributed by atoms with Gasteiger partial charge in [-0.2, -0.15) is 0 Å². The van der Waals surface area contributed by atoms with Gasteiger partial charge in [-0.1, -0.05) is 41.1 Å². The molecule has 1 aromatic heterocycles. The van der Waals surface area contributed by atoms with Crippen LogP contribution in [0.4, 0.5) is 0 Å². The second-order valence-corrected chi connectivity index (χ2v) is 5.83. The second-order valence-electron chi connectivity index (χ2n) is 3.96. The Labute approximate surface area is 119 Å². The van der Waals surface area contributed by atoms with Gasteiger partial charge in [-0.3, -0.25) is 4.79 Å². The van der Waals surface area contributed by atoms with Gasteiger partial charge in [0.1, 0.15) is 0 Å². The Morgan fingerprint density at radius 3 is 2.61 bits per heavy atom. The zero-order valence-corrected chi connectivity index (χ0v) is 12.4. The molecule has 0 saturated carbocycles. The molecule has 4 heteroatoms. The van der Waals surface area contributed by atoms with E-state index >= 15 is 0 Å². The zero-order chi connectivity index (χ0) is 13.0. The van der Waals surface area contributed by atoms with Crippen molar-refractivity contribution in [3.05, 3.63) is 56.7 Å². The Balaban J connectivity index is 2.10. The SMILES string of the molecule is CC[C@H](NC(=O)c1cccs1)c1ccc(Br)cc1. The maximum Gasteiger partial charge on any atom is 0.261 e. The van der Waals surface area contributed by atoms with E-state index in [9.17, 15) is 4.79 Å². The number of nitrogens with one attached hydrogen (secondary N) is 1. The monoisotopic (exact) mass is 323 g/mol. The number of rotatable bonds is 4. The molecule has 2 rings (SSSR count). The molecule has 2 nitrogen and oxygen atoms in total. The number of thiophene rings is 1. The molecule has 1 N–H and O–H groups in total. The van der Waals surface area contributed by atoms with Crippen LogP contribution in [0.15, 0.2) is 46.3 Å². The van der Waals surface area contributed by atoms with E-state index in [4.69, 9.17) is 0 Å². The second kappa shape index (κ2) is 6.16. The minimum absolute atomic E-state index is 0.000214. The number of carbonyl (C=O) groups is 1. The molecule has 1 atom stereocenters. The average Bonchev–Trinajstić information content (AvgIpc) is 2.91. The molecule has 1 amide bonds. The van der Waals surface area contributed by atoms with Crippen molar-refractivity contribution in [2.75, 3.05) is 0 Å². The number of benzene rings is 1. The normalized spacial score (nSPS) is 12.1. The molecule has 0 saturated heterocycles. The summed E-state index contributed by atoms with van der Waals surface area (Å²) in [6.07, 6.45) is 0.874. The van der Waals surface area contributed by atoms with E-state index in [0.29, 0.717) is 0 Å². The smallest absolute Gasteiger partial charge is 0.261 e. The quantitative estimate of drug-likeness (QED) is 0.888. The van der Waals surface area contributed by atoms with E-state index in [2.05, 4.69) is 28.2 Å². The van der Waals surface area contributed by atoms with Crippen molar-refractivity contribution in [3.63, 3.8) is 0 Å². The number of hydrogen-bond acceptors (Lipinski definition) is 2. The number of carbonyl (C=O) groups excluding carboxylic acids is 1. The highest BCUT2D eigenvalue weighted by Gasteiger charge is 2.14. The van der Waals surface area contributed by atoms with Gasteiger partial charge in [-0.05, 0) is 35.6 Å². The molecule has 94 valence electrons. The number of halogens is 1. The summed E-state index contributed by atoms with van der Waals surface area (Å²) in [5, 5.41) is 4.97. The number of amides is 1. The molecule has 0 spiro atoms. The van der Waals surface area contributed by atoms with Gasteiger partial charge < -0.3 is 5.32 Å². The molecule has 0 unspecified atom stereocenters. The third-order valence-electron chi connectivity index (χ3n) is 2.73. The average molecular weight is 324 g/mol. The first-order chi connectivity index (χ1) is 8.70. The minimum Gasteiger partial charge on any atom is -0.345 e. The van der Waals surface area contributed by atoms with Crippen molar-refractivity contribution in [2.45, 2.75) is 19.4 Å². The third kappa shape index (κ3) is 3.21.